The first kappa shape index (κ1) is 15.1. The molecule has 2 N–H and O–H groups in total. The van der Waals surface area contributed by atoms with Crippen molar-refractivity contribution in [3.63, 3.8) is 0 Å². The number of aromatic nitrogens is 5. The maximum absolute atomic E-state index is 12.5. The van der Waals surface area contributed by atoms with E-state index < -0.39 is 12.0 Å². The molecule has 0 amide bonds. The highest BCUT2D eigenvalue weighted by Gasteiger charge is 2.36. The predicted octanol–water partition coefficient (Wildman–Crippen LogP) is 2.13. The molecule has 3 heterocycles. The molecule has 4 rings (SSSR count). The molecule has 1 aliphatic heterocycles. The van der Waals surface area contributed by atoms with Gasteiger partial charge >= 0.3 is 5.97 Å². The van der Waals surface area contributed by atoms with Crippen LogP contribution in [0.25, 0.3) is 11.3 Å². The standard InChI is InChI=1S/C17H16N6O2/c1-10-13(16(24)25-2)15(23-17(21-10)18-9-20-23)12-8-19-22-14(12)11-6-4-3-5-7-11/h3-9,15H,1-2H3,(H,19,22)(H,18,20,21)/t15-/m0/s1. The van der Waals surface area contributed by atoms with Crippen LogP contribution in [0.1, 0.15) is 18.5 Å². The summed E-state index contributed by atoms with van der Waals surface area (Å²) in [6, 6.07) is 9.32. The molecule has 1 atom stereocenters. The number of carbonyl (C=O) groups excluding carboxylic acids is 1. The molecule has 8 heteroatoms. The second-order valence-corrected chi connectivity index (χ2v) is 5.65. The average Bonchev–Trinajstić information content (AvgIpc) is 3.29. The minimum Gasteiger partial charge on any atom is -0.466 e. The molecule has 0 saturated carbocycles. The number of carbonyl (C=O) groups is 1. The molecular formula is C17H16N6O2. The molecule has 0 saturated heterocycles. The van der Waals surface area contributed by atoms with E-state index in [0.717, 1.165) is 16.8 Å². The summed E-state index contributed by atoms with van der Waals surface area (Å²) in [5.74, 6) is 0.145. The van der Waals surface area contributed by atoms with Gasteiger partial charge in [-0.1, -0.05) is 30.3 Å². The van der Waals surface area contributed by atoms with Crippen LogP contribution in [-0.4, -0.2) is 38.0 Å². The SMILES string of the molecule is COC(=O)C1=C(C)Nc2ncnn2[C@H]1c1cn[nH]c1-c1ccccc1. The number of ether oxygens (including phenoxy) is 1. The molecular weight excluding hydrogens is 320 g/mol. The molecule has 3 aromatic rings. The summed E-state index contributed by atoms with van der Waals surface area (Å²) in [4.78, 5) is 16.7. The Morgan fingerprint density at radius 3 is 2.84 bits per heavy atom. The van der Waals surface area contributed by atoms with Gasteiger partial charge in [0.25, 0.3) is 0 Å². The monoisotopic (exact) mass is 336 g/mol. The number of nitrogens with zero attached hydrogens (tertiary/aromatic N) is 4. The number of rotatable bonds is 3. The first-order valence-corrected chi connectivity index (χ1v) is 7.75. The molecule has 8 nitrogen and oxygen atoms in total. The Morgan fingerprint density at radius 1 is 1.28 bits per heavy atom. The van der Waals surface area contributed by atoms with Gasteiger partial charge in [0.1, 0.15) is 12.4 Å². The van der Waals surface area contributed by atoms with Crippen molar-refractivity contribution in [3.05, 3.63) is 59.7 Å². The van der Waals surface area contributed by atoms with Crippen molar-refractivity contribution in [1.82, 2.24) is 25.0 Å². The molecule has 1 aromatic carbocycles. The van der Waals surface area contributed by atoms with Crippen LogP contribution in [0.5, 0.6) is 0 Å². The van der Waals surface area contributed by atoms with Gasteiger partial charge in [-0.25, -0.2) is 9.48 Å². The third-order valence-electron chi connectivity index (χ3n) is 4.23. The van der Waals surface area contributed by atoms with E-state index in [1.807, 2.05) is 37.3 Å². The van der Waals surface area contributed by atoms with E-state index in [0.29, 0.717) is 17.2 Å². The highest BCUT2D eigenvalue weighted by Crippen LogP contribution is 2.38. The second-order valence-electron chi connectivity index (χ2n) is 5.65. The van der Waals surface area contributed by atoms with E-state index >= 15 is 0 Å². The molecule has 0 unspecified atom stereocenters. The van der Waals surface area contributed by atoms with E-state index in [2.05, 4.69) is 25.6 Å². The van der Waals surface area contributed by atoms with Crippen molar-refractivity contribution in [2.24, 2.45) is 0 Å². The first-order valence-electron chi connectivity index (χ1n) is 7.75. The maximum Gasteiger partial charge on any atom is 0.338 e. The van der Waals surface area contributed by atoms with Gasteiger partial charge in [0.05, 0.1) is 24.6 Å². The Labute approximate surface area is 143 Å². The van der Waals surface area contributed by atoms with Crippen molar-refractivity contribution >= 4 is 11.9 Å². The fourth-order valence-electron chi connectivity index (χ4n) is 3.09. The molecule has 25 heavy (non-hydrogen) atoms. The van der Waals surface area contributed by atoms with E-state index in [1.165, 1.54) is 13.4 Å². The van der Waals surface area contributed by atoms with E-state index in [1.54, 1.807) is 10.9 Å². The van der Waals surface area contributed by atoms with Crippen molar-refractivity contribution in [2.75, 3.05) is 12.4 Å². The summed E-state index contributed by atoms with van der Waals surface area (Å²) in [6.45, 7) is 1.82. The molecule has 0 radical (unpaired) electrons. The number of anilines is 1. The molecule has 0 aliphatic carbocycles. The minimum atomic E-state index is -0.486. The lowest BCUT2D eigenvalue weighted by atomic mass is 9.94. The van der Waals surface area contributed by atoms with E-state index in [-0.39, 0.29) is 0 Å². The van der Waals surface area contributed by atoms with Crippen LogP contribution >= 0.6 is 0 Å². The average molecular weight is 336 g/mol. The quantitative estimate of drug-likeness (QED) is 0.711. The van der Waals surface area contributed by atoms with Gasteiger partial charge in [-0.3, -0.25) is 5.10 Å². The number of esters is 1. The van der Waals surface area contributed by atoms with Gasteiger partial charge in [-0.15, -0.1) is 0 Å². The van der Waals surface area contributed by atoms with Crippen LogP contribution in [0.2, 0.25) is 0 Å². The van der Waals surface area contributed by atoms with Crippen molar-refractivity contribution < 1.29 is 9.53 Å². The lowest BCUT2D eigenvalue weighted by Gasteiger charge is -2.27. The molecule has 0 spiro atoms. The fourth-order valence-corrected chi connectivity index (χ4v) is 3.09. The molecule has 126 valence electrons. The number of hydrogen-bond donors (Lipinski definition) is 2. The third kappa shape index (κ3) is 2.38. The number of nitrogens with one attached hydrogen (secondary N) is 2. The third-order valence-corrected chi connectivity index (χ3v) is 4.23. The lowest BCUT2D eigenvalue weighted by molar-refractivity contribution is -0.136. The van der Waals surface area contributed by atoms with E-state index in [9.17, 15) is 4.79 Å². The summed E-state index contributed by atoms with van der Waals surface area (Å²) in [7, 11) is 1.37. The topological polar surface area (TPSA) is 97.7 Å². The lowest BCUT2D eigenvalue weighted by Crippen LogP contribution is -2.29. The van der Waals surface area contributed by atoms with Gasteiger partial charge < -0.3 is 10.1 Å². The van der Waals surface area contributed by atoms with Crippen molar-refractivity contribution in [1.29, 1.82) is 0 Å². The van der Waals surface area contributed by atoms with Crippen LogP contribution < -0.4 is 5.32 Å². The fraction of sp³-hybridized carbons (Fsp3) is 0.176. The predicted molar refractivity (Wildman–Crippen MR) is 90.5 cm³/mol. The first-order chi connectivity index (χ1) is 12.2. The van der Waals surface area contributed by atoms with Crippen molar-refractivity contribution in [3.8, 4) is 11.3 Å². The Hall–Kier alpha value is -3.42. The van der Waals surface area contributed by atoms with E-state index in [4.69, 9.17) is 4.74 Å². The Bertz CT molecular complexity index is 956. The zero-order valence-corrected chi connectivity index (χ0v) is 13.7. The number of benzene rings is 1. The van der Waals surface area contributed by atoms with Gasteiger partial charge in [-0.05, 0) is 12.5 Å². The van der Waals surface area contributed by atoms with Crippen LogP contribution in [0.4, 0.5) is 5.95 Å². The number of hydrogen-bond acceptors (Lipinski definition) is 6. The molecule has 0 fully saturated rings. The van der Waals surface area contributed by atoms with Crippen LogP contribution in [-0.2, 0) is 9.53 Å². The van der Waals surface area contributed by atoms with Crippen LogP contribution in [0.15, 0.2) is 54.1 Å². The summed E-state index contributed by atoms with van der Waals surface area (Å²) >= 11 is 0. The van der Waals surface area contributed by atoms with Crippen molar-refractivity contribution in [2.45, 2.75) is 13.0 Å². The Balaban J connectivity index is 1.92. The van der Waals surface area contributed by atoms with Crippen LogP contribution in [0.3, 0.4) is 0 Å². The highest BCUT2D eigenvalue weighted by molar-refractivity contribution is 5.92. The Morgan fingerprint density at radius 2 is 2.08 bits per heavy atom. The van der Waals surface area contributed by atoms with Gasteiger partial charge in [-0.2, -0.15) is 15.2 Å². The zero-order chi connectivity index (χ0) is 17.4. The molecule has 1 aliphatic rings. The van der Waals surface area contributed by atoms with Crippen LogP contribution in [0, 0.1) is 0 Å². The largest absolute Gasteiger partial charge is 0.466 e. The normalized spacial score (nSPS) is 16.3. The second kappa shape index (κ2) is 5.90. The Kier molecular flexibility index (Phi) is 3.57. The minimum absolute atomic E-state index is 0.420. The summed E-state index contributed by atoms with van der Waals surface area (Å²) in [5, 5.41) is 14.6. The molecule has 0 bridgehead atoms. The zero-order valence-electron chi connectivity index (χ0n) is 13.7. The van der Waals surface area contributed by atoms with Gasteiger partial charge in [0.2, 0.25) is 5.95 Å². The smallest absolute Gasteiger partial charge is 0.338 e. The number of H-pyrrole nitrogens is 1. The summed E-state index contributed by atoms with van der Waals surface area (Å²) in [6.07, 6.45) is 3.16. The number of aromatic amines is 1. The highest BCUT2D eigenvalue weighted by atomic mass is 16.5. The number of methoxy groups -OCH3 is 1. The van der Waals surface area contributed by atoms with Gasteiger partial charge in [0.15, 0.2) is 0 Å². The molecule has 2 aromatic heterocycles. The number of allylic oxidation sites excluding steroid dienone is 1. The number of fused-ring (bicyclic) bond motifs is 1. The van der Waals surface area contributed by atoms with Gasteiger partial charge in [0, 0.05) is 11.3 Å². The summed E-state index contributed by atoms with van der Waals surface area (Å²) in [5.41, 5.74) is 3.76. The maximum atomic E-state index is 12.5. The summed E-state index contributed by atoms with van der Waals surface area (Å²) < 4.78 is 6.66.